The zero-order valence-corrected chi connectivity index (χ0v) is 41.7. The second-order valence-corrected chi connectivity index (χ2v) is 28.5. The van der Waals surface area contributed by atoms with E-state index in [1.165, 1.54) is 6.08 Å². The molecule has 0 heterocycles. The van der Waals surface area contributed by atoms with Gasteiger partial charge in [0.25, 0.3) is 0 Å². The van der Waals surface area contributed by atoms with Crippen molar-refractivity contribution in [2.24, 2.45) is 10.8 Å². The predicted molar refractivity (Wildman–Crippen MR) is 248 cm³/mol. The van der Waals surface area contributed by atoms with Gasteiger partial charge in [0.1, 0.15) is 51.7 Å². The van der Waals surface area contributed by atoms with Gasteiger partial charge in [0.15, 0.2) is 16.6 Å². The number of ether oxygens (including phenoxy) is 8. The largest absolute Gasteiger partial charge is 0.465 e. The summed E-state index contributed by atoms with van der Waals surface area (Å²) in [4.78, 5) is 85.3. The van der Waals surface area contributed by atoms with Crippen LogP contribution in [0.15, 0.2) is 89.1 Å². The van der Waals surface area contributed by atoms with E-state index in [-0.39, 0.29) is 45.9 Å². The van der Waals surface area contributed by atoms with E-state index in [4.69, 9.17) is 46.1 Å². The minimum absolute atomic E-state index is 0.0319. The Morgan fingerprint density at radius 1 is 0.438 bits per heavy atom. The van der Waals surface area contributed by atoms with E-state index in [2.05, 4.69) is 65.7 Å². The molecule has 20 heteroatoms. The molecule has 0 aromatic rings. The highest BCUT2D eigenvalue weighted by Gasteiger charge is 2.41. The van der Waals surface area contributed by atoms with Crippen LogP contribution in [-0.2, 0) is 79.7 Å². The average Bonchev–Trinajstić information content (AvgIpc) is 3.26. The Labute approximate surface area is 382 Å². The Morgan fingerprint density at radius 2 is 0.750 bits per heavy atom. The summed E-state index contributed by atoms with van der Waals surface area (Å²) in [6.07, 6.45) is 7.44. The molecular formula is C44H70O17Si3. The Morgan fingerprint density at radius 3 is 1.09 bits per heavy atom. The van der Waals surface area contributed by atoms with Gasteiger partial charge in [-0.1, -0.05) is 45.4 Å². The lowest BCUT2D eigenvalue weighted by Crippen LogP contribution is -2.52. The van der Waals surface area contributed by atoms with Gasteiger partial charge in [-0.25, -0.2) is 24.0 Å². The number of esters is 7. The first-order valence-corrected chi connectivity index (χ1v) is 29.4. The minimum Gasteiger partial charge on any atom is -0.465 e. The summed E-state index contributed by atoms with van der Waals surface area (Å²) >= 11 is 0. The predicted octanol–water partition coefficient (Wildman–Crippen LogP) is 6.40. The molecule has 0 saturated heterocycles. The third-order valence-electron chi connectivity index (χ3n) is 8.54. The molecule has 0 aromatic carbocycles. The second kappa shape index (κ2) is 31.8. The molecule has 0 N–H and O–H groups in total. The molecule has 0 amide bonds. The first-order valence-electron chi connectivity index (χ1n) is 20.3. The molecule has 0 spiro atoms. The van der Waals surface area contributed by atoms with E-state index in [9.17, 15) is 33.6 Å². The van der Waals surface area contributed by atoms with Crippen LogP contribution in [0.1, 0.15) is 25.7 Å². The SMILES string of the molecule is C=C.C=CCOCC(COC(=O)C=C)(COC(=O)C=C)COC(=O)CC[Si](C)(C)O[Si](C)(C)O[Si](C)(C)CCCCC(=O)OCC(COC(=O)C=C)(COC(=O)C=C)COC(=O)C=C. The van der Waals surface area contributed by atoms with E-state index in [1.54, 1.807) is 0 Å². The van der Waals surface area contributed by atoms with Gasteiger partial charge in [-0.2, -0.15) is 0 Å². The molecule has 17 nitrogen and oxygen atoms in total. The van der Waals surface area contributed by atoms with Gasteiger partial charge in [0.2, 0.25) is 0 Å². The second-order valence-electron chi connectivity index (χ2n) is 16.0. The van der Waals surface area contributed by atoms with Gasteiger partial charge in [0, 0.05) is 43.2 Å². The van der Waals surface area contributed by atoms with E-state index in [0.29, 0.717) is 24.9 Å². The first kappa shape index (κ1) is 61.1. The normalized spacial score (nSPS) is 11.5. The summed E-state index contributed by atoms with van der Waals surface area (Å²) < 4.78 is 56.1. The van der Waals surface area contributed by atoms with Crippen molar-refractivity contribution in [1.82, 2.24) is 0 Å². The molecule has 0 aromatic heterocycles. The Balaban J connectivity index is 0. The molecule has 0 atom stereocenters. The molecule has 0 rings (SSSR count). The van der Waals surface area contributed by atoms with Crippen LogP contribution in [0.5, 0.6) is 0 Å². The number of rotatable bonds is 35. The van der Waals surface area contributed by atoms with Crippen LogP contribution in [0.3, 0.4) is 0 Å². The molecule has 0 radical (unpaired) electrons. The molecule has 0 fully saturated rings. The summed E-state index contributed by atoms with van der Waals surface area (Å²) in [5.74, 6) is -4.91. The molecule has 0 aliphatic heterocycles. The molecular weight excluding hydrogens is 885 g/mol. The van der Waals surface area contributed by atoms with Crippen molar-refractivity contribution in [2.75, 3.05) is 59.5 Å². The van der Waals surface area contributed by atoms with Gasteiger partial charge < -0.3 is 46.1 Å². The fourth-order valence-corrected chi connectivity index (χ4v) is 19.5. The summed E-state index contributed by atoms with van der Waals surface area (Å²) in [5, 5.41) is 0. The lowest BCUT2D eigenvalue weighted by molar-refractivity contribution is -0.167. The van der Waals surface area contributed by atoms with Gasteiger partial charge in [-0.15, -0.1) is 19.7 Å². The monoisotopic (exact) mass is 954 g/mol. The van der Waals surface area contributed by atoms with Gasteiger partial charge in [-0.3, -0.25) is 9.59 Å². The molecule has 0 bridgehead atoms. The van der Waals surface area contributed by atoms with Crippen LogP contribution >= 0.6 is 0 Å². The first-order chi connectivity index (χ1) is 29.9. The maximum absolute atomic E-state index is 13.1. The maximum Gasteiger partial charge on any atom is 0.330 e. The molecule has 0 saturated carbocycles. The van der Waals surface area contributed by atoms with E-state index < -0.39 is 104 Å². The quantitative estimate of drug-likeness (QED) is 0.0168. The third-order valence-corrected chi connectivity index (χ3v) is 19.9. The maximum atomic E-state index is 13.1. The van der Waals surface area contributed by atoms with Crippen LogP contribution in [0, 0.1) is 10.8 Å². The molecule has 0 aliphatic rings. The Hall–Kier alpha value is -5.00. The van der Waals surface area contributed by atoms with E-state index in [0.717, 1.165) is 30.4 Å². The van der Waals surface area contributed by atoms with Gasteiger partial charge in [-0.05, 0) is 57.8 Å². The van der Waals surface area contributed by atoms with E-state index in [1.807, 2.05) is 26.2 Å². The lowest BCUT2D eigenvalue weighted by atomic mass is 9.92. The van der Waals surface area contributed by atoms with Crippen LogP contribution in [0.4, 0.5) is 0 Å². The highest BCUT2D eigenvalue weighted by Crippen LogP contribution is 2.28. The van der Waals surface area contributed by atoms with Crippen molar-refractivity contribution in [3.05, 3.63) is 89.1 Å². The van der Waals surface area contributed by atoms with Crippen molar-refractivity contribution < 1.29 is 79.7 Å². The van der Waals surface area contributed by atoms with Crippen LogP contribution in [-0.4, -0.2) is 126 Å². The minimum atomic E-state index is -2.72. The zero-order valence-electron chi connectivity index (χ0n) is 38.7. The van der Waals surface area contributed by atoms with Crippen LogP contribution in [0.25, 0.3) is 0 Å². The summed E-state index contributed by atoms with van der Waals surface area (Å²) in [7, 11) is -7.53. The molecule has 0 aliphatic carbocycles. The summed E-state index contributed by atoms with van der Waals surface area (Å²) in [6, 6.07) is 1.12. The van der Waals surface area contributed by atoms with Gasteiger partial charge >= 0.3 is 50.3 Å². The highest BCUT2D eigenvalue weighted by atomic mass is 28.5. The highest BCUT2D eigenvalue weighted by molar-refractivity contribution is 6.87. The van der Waals surface area contributed by atoms with Crippen molar-refractivity contribution in [3.63, 3.8) is 0 Å². The topological polar surface area (TPSA) is 212 Å². The third kappa shape index (κ3) is 28.6. The van der Waals surface area contributed by atoms with E-state index >= 15 is 0 Å². The lowest BCUT2D eigenvalue weighted by Gasteiger charge is -2.38. The summed E-state index contributed by atoms with van der Waals surface area (Å²) in [6.45, 7) is 35.9. The molecule has 0 unspecified atom stereocenters. The molecule has 64 heavy (non-hydrogen) atoms. The standard InChI is InChI=1S/C42H66O17Si3.C2H4/c1-13-23-50-26-41(27-51-34(43)14-2,28-52-35(44)15-3)29-57-40(49)22-25-61(9,10)59-62(11,12)58-60(7,8)24-20-19-21-39(48)56-33-42(30-53-36(45)16-4,31-54-37(46)17-5)32-55-38(47)18-6;1-2/h13-18H,1-6,19-33H2,7-12H3;1-2H2. The number of carbonyl (C=O) groups excluding carboxylic acids is 7. The fraction of sp³-hybridized carbons (Fsp3) is 0.523. The fourth-order valence-electron chi connectivity index (χ4n) is 5.56. The number of unbranched alkanes of at least 4 members (excludes halogenated alkanes) is 1. The van der Waals surface area contributed by atoms with Gasteiger partial charge in [0.05, 0.1) is 18.6 Å². The number of hydrogen-bond acceptors (Lipinski definition) is 17. The Bertz CT molecular complexity index is 1520. The average molecular weight is 955 g/mol. The van der Waals surface area contributed by atoms with Crippen LogP contribution in [0.2, 0.25) is 51.4 Å². The smallest absolute Gasteiger partial charge is 0.330 e. The van der Waals surface area contributed by atoms with Crippen molar-refractivity contribution in [1.29, 1.82) is 0 Å². The van der Waals surface area contributed by atoms with Crippen molar-refractivity contribution in [2.45, 2.75) is 77.1 Å². The van der Waals surface area contributed by atoms with Crippen LogP contribution < -0.4 is 0 Å². The number of hydrogen-bond donors (Lipinski definition) is 0. The van der Waals surface area contributed by atoms with Crippen molar-refractivity contribution in [3.8, 4) is 0 Å². The zero-order chi connectivity index (χ0) is 49.5. The Kier molecular flexibility index (Phi) is 30.3. The van der Waals surface area contributed by atoms with Crippen molar-refractivity contribution >= 4 is 67.0 Å². The number of carbonyl (C=O) groups is 7. The summed E-state index contributed by atoms with van der Waals surface area (Å²) in [5.41, 5.74) is -2.65. The molecule has 360 valence electrons.